The molecule has 0 bridgehead atoms. The average molecular weight is 275 g/mol. The Morgan fingerprint density at radius 2 is 1.89 bits per heavy atom. The van der Waals surface area contributed by atoms with Crippen LogP contribution in [0.5, 0.6) is 0 Å². The lowest BCUT2D eigenvalue weighted by Crippen LogP contribution is -2.53. The van der Waals surface area contributed by atoms with Crippen molar-refractivity contribution in [3.63, 3.8) is 0 Å². The Morgan fingerprint density at radius 3 is 2.33 bits per heavy atom. The van der Waals surface area contributed by atoms with Crippen molar-refractivity contribution >= 4 is 14.4 Å². The molecular formula is C12H25NO4Si. The molecule has 1 fully saturated rings. The fraction of sp³-hybridized carbons (Fsp3) is 0.917. The van der Waals surface area contributed by atoms with Crippen LogP contribution < -0.4 is 0 Å². The number of nitrogens with zero attached hydrogens (tertiary/aromatic N) is 1. The van der Waals surface area contributed by atoms with Crippen LogP contribution in [0, 0.1) is 0 Å². The first-order chi connectivity index (χ1) is 8.03. The molecule has 0 spiro atoms. The highest BCUT2D eigenvalue weighted by molar-refractivity contribution is 6.74. The second-order valence-corrected chi connectivity index (χ2v) is 11.3. The zero-order chi connectivity index (χ0) is 14.1. The van der Waals surface area contributed by atoms with Crippen molar-refractivity contribution in [3.8, 4) is 0 Å². The predicted molar refractivity (Wildman–Crippen MR) is 72.3 cm³/mol. The summed E-state index contributed by atoms with van der Waals surface area (Å²) in [6, 6.07) is 0. The van der Waals surface area contributed by atoms with Crippen molar-refractivity contribution in [1.82, 2.24) is 4.90 Å². The van der Waals surface area contributed by atoms with Crippen molar-refractivity contribution in [2.45, 2.75) is 57.5 Å². The van der Waals surface area contributed by atoms with E-state index in [1.165, 1.54) is 4.90 Å². The summed E-state index contributed by atoms with van der Waals surface area (Å²) in [5.41, 5.74) is 0. The first-order valence-electron chi connectivity index (χ1n) is 6.36. The molecule has 106 valence electrons. The van der Waals surface area contributed by atoms with Crippen molar-refractivity contribution in [3.05, 3.63) is 0 Å². The summed E-state index contributed by atoms with van der Waals surface area (Å²) < 4.78 is 6.17. The summed E-state index contributed by atoms with van der Waals surface area (Å²) in [4.78, 5) is 12.2. The van der Waals surface area contributed by atoms with Gasteiger partial charge >= 0.3 is 6.09 Å². The highest BCUT2D eigenvalue weighted by atomic mass is 28.4. The maximum atomic E-state index is 11.0. The Kier molecular flexibility index (Phi) is 4.45. The topological polar surface area (TPSA) is 70.0 Å². The molecule has 1 aliphatic heterocycles. The van der Waals surface area contributed by atoms with Gasteiger partial charge < -0.3 is 19.5 Å². The van der Waals surface area contributed by atoms with Crippen molar-refractivity contribution in [2.24, 2.45) is 0 Å². The molecule has 0 aromatic heterocycles. The number of aliphatic hydroxyl groups is 1. The lowest BCUT2D eigenvalue weighted by atomic mass is 10.1. The van der Waals surface area contributed by atoms with E-state index in [9.17, 15) is 9.90 Å². The number of rotatable bonds is 2. The normalized spacial score (nSPS) is 26.2. The van der Waals surface area contributed by atoms with Gasteiger partial charge in [-0.15, -0.1) is 0 Å². The molecule has 1 rings (SSSR count). The van der Waals surface area contributed by atoms with Crippen LogP contribution >= 0.6 is 0 Å². The van der Waals surface area contributed by atoms with Crippen LogP contribution in [-0.2, 0) is 4.43 Å². The van der Waals surface area contributed by atoms with Gasteiger partial charge in [0.2, 0.25) is 0 Å². The monoisotopic (exact) mass is 275 g/mol. The first-order valence-corrected chi connectivity index (χ1v) is 9.27. The first kappa shape index (κ1) is 15.5. The standard InChI is InChI=1S/C12H25NO4Si/c1-12(2,3)18(4,5)17-10-6-9(14)7-13(8-10)11(15)16/h9-10,14H,6-8H2,1-5H3,(H,15,16)/t9-,10-/m0/s1. The second kappa shape index (κ2) is 5.18. The fourth-order valence-electron chi connectivity index (χ4n) is 1.86. The molecule has 1 saturated heterocycles. The lowest BCUT2D eigenvalue weighted by Gasteiger charge is -2.42. The Labute approximate surface area is 110 Å². The van der Waals surface area contributed by atoms with Gasteiger partial charge in [-0.25, -0.2) is 4.79 Å². The lowest BCUT2D eigenvalue weighted by molar-refractivity contribution is 0.00249. The molecule has 6 heteroatoms. The minimum Gasteiger partial charge on any atom is -0.465 e. The number of hydrogen-bond donors (Lipinski definition) is 2. The molecule has 5 nitrogen and oxygen atoms in total. The Hall–Kier alpha value is -0.593. The van der Waals surface area contributed by atoms with Crippen LogP contribution in [0.3, 0.4) is 0 Å². The summed E-state index contributed by atoms with van der Waals surface area (Å²) >= 11 is 0. The third-order valence-corrected chi connectivity index (χ3v) is 8.46. The number of piperidine rings is 1. The molecule has 1 amide bonds. The van der Waals surface area contributed by atoms with Crippen molar-refractivity contribution in [2.75, 3.05) is 13.1 Å². The second-order valence-electron chi connectivity index (χ2n) is 6.58. The van der Waals surface area contributed by atoms with Gasteiger partial charge in [-0.2, -0.15) is 0 Å². The van der Waals surface area contributed by atoms with E-state index in [0.29, 0.717) is 13.0 Å². The molecule has 0 aromatic rings. The molecule has 0 unspecified atom stereocenters. The number of amides is 1. The van der Waals surface area contributed by atoms with Crippen LogP contribution in [0.4, 0.5) is 4.79 Å². The van der Waals surface area contributed by atoms with Crippen LogP contribution in [0.1, 0.15) is 27.2 Å². The molecule has 18 heavy (non-hydrogen) atoms. The van der Waals surface area contributed by atoms with E-state index in [1.807, 2.05) is 0 Å². The average Bonchev–Trinajstić information content (AvgIpc) is 2.13. The molecule has 2 atom stereocenters. The molecule has 0 aromatic carbocycles. The molecule has 0 aliphatic carbocycles. The van der Waals surface area contributed by atoms with Crippen LogP contribution in [0.15, 0.2) is 0 Å². The minimum absolute atomic E-state index is 0.0868. The predicted octanol–water partition coefficient (Wildman–Crippen LogP) is 2.12. The summed E-state index contributed by atoms with van der Waals surface area (Å²) in [5.74, 6) is 0. The zero-order valence-corrected chi connectivity index (χ0v) is 12.9. The van der Waals surface area contributed by atoms with Gasteiger partial charge in [-0.1, -0.05) is 20.8 Å². The Bertz CT molecular complexity index is 314. The smallest absolute Gasteiger partial charge is 0.407 e. The number of likely N-dealkylation sites (tertiary alicyclic amines) is 1. The van der Waals surface area contributed by atoms with Gasteiger partial charge in [0.15, 0.2) is 8.32 Å². The van der Waals surface area contributed by atoms with E-state index >= 15 is 0 Å². The van der Waals surface area contributed by atoms with Crippen LogP contribution in [0.25, 0.3) is 0 Å². The molecule has 1 aliphatic rings. The number of aliphatic hydroxyl groups excluding tert-OH is 1. The summed E-state index contributed by atoms with van der Waals surface area (Å²) in [6.45, 7) is 11.3. The summed E-state index contributed by atoms with van der Waals surface area (Å²) in [6.07, 6.45) is -1.27. The van der Waals surface area contributed by atoms with E-state index in [-0.39, 0.29) is 17.7 Å². The third-order valence-electron chi connectivity index (χ3n) is 3.93. The maximum absolute atomic E-state index is 11.0. The maximum Gasteiger partial charge on any atom is 0.407 e. The molecule has 0 saturated carbocycles. The summed E-state index contributed by atoms with van der Waals surface area (Å²) in [7, 11) is -1.92. The number of hydrogen-bond acceptors (Lipinski definition) is 3. The SMILES string of the molecule is CC(C)(C)[Si](C)(C)O[C@H]1C[C@H](O)CN(C(=O)O)C1. The van der Waals surface area contributed by atoms with Gasteiger partial charge in [0.25, 0.3) is 0 Å². The van der Waals surface area contributed by atoms with Gasteiger partial charge in [-0.3, -0.25) is 0 Å². The number of carboxylic acid groups (broad SMARTS) is 1. The van der Waals surface area contributed by atoms with E-state index in [0.717, 1.165) is 0 Å². The van der Waals surface area contributed by atoms with Gasteiger partial charge in [-0.05, 0) is 18.1 Å². The summed E-state index contributed by atoms with van der Waals surface area (Å²) in [5, 5.41) is 18.8. The quantitative estimate of drug-likeness (QED) is 0.757. The van der Waals surface area contributed by atoms with Gasteiger partial charge in [0, 0.05) is 13.0 Å². The van der Waals surface area contributed by atoms with Crippen molar-refractivity contribution in [1.29, 1.82) is 0 Å². The van der Waals surface area contributed by atoms with Gasteiger partial charge in [0.05, 0.1) is 18.8 Å². The third kappa shape index (κ3) is 3.70. The largest absolute Gasteiger partial charge is 0.465 e. The number of β-amino-alcohol motifs (C(OH)–C–C–N with tert-alkyl or cyclic N) is 1. The molecule has 0 radical (unpaired) electrons. The van der Waals surface area contributed by atoms with E-state index in [2.05, 4.69) is 33.9 Å². The van der Waals surface area contributed by atoms with Gasteiger partial charge in [0.1, 0.15) is 0 Å². The van der Waals surface area contributed by atoms with Crippen molar-refractivity contribution < 1.29 is 19.4 Å². The molecular weight excluding hydrogens is 250 g/mol. The number of carbonyl (C=O) groups is 1. The van der Waals surface area contributed by atoms with Crippen LogP contribution in [0.2, 0.25) is 18.1 Å². The highest BCUT2D eigenvalue weighted by Crippen LogP contribution is 2.38. The van der Waals surface area contributed by atoms with E-state index < -0.39 is 20.5 Å². The molecule has 2 N–H and O–H groups in total. The zero-order valence-electron chi connectivity index (χ0n) is 11.9. The van der Waals surface area contributed by atoms with Crippen LogP contribution in [-0.4, -0.2) is 54.8 Å². The Balaban J connectivity index is 2.70. The highest BCUT2D eigenvalue weighted by Gasteiger charge is 2.41. The Morgan fingerprint density at radius 1 is 1.33 bits per heavy atom. The fourth-order valence-corrected chi connectivity index (χ4v) is 3.22. The van der Waals surface area contributed by atoms with E-state index in [1.54, 1.807) is 0 Å². The van der Waals surface area contributed by atoms with E-state index in [4.69, 9.17) is 9.53 Å². The minimum atomic E-state index is -1.92. The molecule has 1 heterocycles.